The molecule has 0 unspecified atom stereocenters. The van der Waals surface area contributed by atoms with Crippen LogP contribution in [0.25, 0.3) is 0 Å². The van der Waals surface area contributed by atoms with Crippen LogP contribution in [-0.4, -0.2) is 31.1 Å². The largest absolute Gasteiger partial charge is 0.496 e. The van der Waals surface area contributed by atoms with E-state index in [1.165, 1.54) is 24.0 Å². The van der Waals surface area contributed by atoms with Gasteiger partial charge in [-0.3, -0.25) is 4.90 Å². The number of benzene rings is 1. The van der Waals surface area contributed by atoms with E-state index in [9.17, 15) is 0 Å². The molecule has 0 aromatic heterocycles. The van der Waals surface area contributed by atoms with E-state index in [1.54, 1.807) is 7.11 Å². The zero-order chi connectivity index (χ0) is 15.7. The number of rotatable bonds is 10. The summed E-state index contributed by atoms with van der Waals surface area (Å²) in [6.07, 6.45) is 2.50. The molecule has 0 heterocycles. The summed E-state index contributed by atoms with van der Waals surface area (Å²) in [5, 5.41) is 3.47. The van der Waals surface area contributed by atoms with E-state index in [1.807, 2.05) is 0 Å². The Bertz CT molecular complexity index is 404. The summed E-state index contributed by atoms with van der Waals surface area (Å²) in [6, 6.07) is 7.04. The minimum absolute atomic E-state index is 0.507. The Balaban J connectivity index is 2.78. The molecule has 1 rings (SSSR count). The van der Waals surface area contributed by atoms with Crippen molar-refractivity contribution in [3.8, 4) is 5.75 Å². The first-order valence-electron chi connectivity index (χ1n) is 8.22. The van der Waals surface area contributed by atoms with Crippen LogP contribution in [0.5, 0.6) is 5.75 Å². The molecule has 0 atom stereocenters. The molecule has 0 fully saturated rings. The van der Waals surface area contributed by atoms with Crippen molar-refractivity contribution in [3.63, 3.8) is 0 Å². The summed E-state index contributed by atoms with van der Waals surface area (Å²) in [6.45, 7) is 12.9. The zero-order valence-corrected chi connectivity index (χ0v) is 14.4. The first kappa shape index (κ1) is 18.0. The van der Waals surface area contributed by atoms with Crippen LogP contribution >= 0.6 is 0 Å². The molecule has 0 bridgehead atoms. The van der Waals surface area contributed by atoms with Gasteiger partial charge in [-0.05, 0) is 37.2 Å². The van der Waals surface area contributed by atoms with Crippen molar-refractivity contribution in [1.29, 1.82) is 0 Å². The molecular weight excluding hydrogens is 260 g/mol. The van der Waals surface area contributed by atoms with Gasteiger partial charge in [-0.25, -0.2) is 0 Å². The van der Waals surface area contributed by atoms with Gasteiger partial charge in [-0.2, -0.15) is 0 Å². The lowest BCUT2D eigenvalue weighted by Crippen LogP contribution is -2.25. The summed E-state index contributed by atoms with van der Waals surface area (Å²) in [5.74, 6) is 0.998. The molecule has 1 aromatic carbocycles. The Hall–Kier alpha value is -1.06. The van der Waals surface area contributed by atoms with Gasteiger partial charge in [0.05, 0.1) is 7.11 Å². The molecule has 120 valence electrons. The number of nitrogens with zero attached hydrogens (tertiary/aromatic N) is 1. The Morgan fingerprint density at radius 1 is 1.24 bits per heavy atom. The standard InChI is InChI=1S/C18H32N2O/c1-6-8-11-20(7-2)14-17-12-16(13-19-15(3)4)9-10-18(17)21-5/h9-10,12,15,19H,6-8,11,13-14H2,1-5H3. The van der Waals surface area contributed by atoms with E-state index in [0.29, 0.717) is 6.04 Å². The Morgan fingerprint density at radius 2 is 2.00 bits per heavy atom. The second-order valence-corrected chi connectivity index (χ2v) is 5.90. The lowest BCUT2D eigenvalue weighted by molar-refractivity contribution is 0.270. The SMILES string of the molecule is CCCCN(CC)Cc1cc(CNC(C)C)ccc1OC. The van der Waals surface area contributed by atoms with Crippen molar-refractivity contribution < 1.29 is 4.74 Å². The number of hydrogen-bond acceptors (Lipinski definition) is 3. The van der Waals surface area contributed by atoms with Gasteiger partial charge in [-0.1, -0.05) is 40.2 Å². The average molecular weight is 292 g/mol. The highest BCUT2D eigenvalue weighted by Gasteiger charge is 2.09. The molecule has 0 aliphatic rings. The van der Waals surface area contributed by atoms with Crippen LogP contribution in [0.1, 0.15) is 51.7 Å². The average Bonchev–Trinajstić information content (AvgIpc) is 2.49. The van der Waals surface area contributed by atoms with Gasteiger partial charge in [-0.15, -0.1) is 0 Å². The molecule has 1 aromatic rings. The molecular formula is C18H32N2O. The third kappa shape index (κ3) is 6.49. The van der Waals surface area contributed by atoms with Gasteiger partial charge in [0.25, 0.3) is 0 Å². The van der Waals surface area contributed by atoms with E-state index < -0.39 is 0 Å². The highest BCUT2D eigenvalue weighted by molar-refractivity contribution is 5.37. The van der Waals surface area contributed by atoms with Crippen molar-refractivity contribution in [2.24, 2.45) is 0 Å². The summed E-state index contributed by atoms with van der Waals surface area (Å²) in [5.41, 5.74) is 2.62. The molecule has 0 aliphatic carbocycles. The van der Waals surface area contributed by atoms with E-state index in [0.717, 1.165) is 31.9 Å². The number of methoxy groups -OCH3 is 1. The zero-order valence-electron chi connectivity index (χ0n) is 14.4. The summed E-state index contributed by atoms with van der Waals surface area (Å²) >= 11 is 0. The van der Waals surface area contributed by atoms with E-state index in [4.69, 9.17) is 4.74 Å². The quantitative estimate of drug-likeness (QED) is 0.709. The van der Waals surface area contributed by atoms with Crippen LogP contribution in [0.4, 0.5) is 0 Å². The van der Waals surface area contributed by atoms with Crippen LogP contribution in [0, 0.1) is 0 Å². The number of hydrogen-bond donors (Lipinski definition) is 1. The van der Waals surface area contributed by atoms with Crippen molar-refractivity contribution in [2.75, 3.05) is 20.2 Å². The molecule has 0 aliphatic heterocycles. The smallest absolute Gasteiger partial charge is 0.123 e. The molecule has 3 nitrogen and oxygen atoms in total. The molecule has 0 amide bonds. The maximum atomic E-state index is 5.53. The lowest BCUT2D eigenvalue weighted by Gasteiger charge is -2.22. The van der Waals surface area contributed by atoms with Gasteiger partial charge < -0.3 is 10.1 Å². The third-order valence-electron chi connectivity index (χ3n) is 3.73. The van der Waals surface area contributed by atoms with Crippen molar-refractivity contribution in [2.45, 2.75) is 59.7 Å². The predicted octanol–water partition coefficient (Wildman–Crippen LogP) is 3.82. The fourth-order valence-corrected chi connectivity index (χ4v) is 2.36. The van der Waals surface area contributed by atoms with Crippen molar-refractivity contribution in [1.82, 2.24) is 10.2 Å². The second-order valence-electron chi connectivity index (χ2n) is 5.90. The van der Waals surface area contributed by atoms with Gasteiger partial charge >= 0.3 is 0 Å². The van der Waals surface area contributed by atoms with E-state index >= 15 is 0 Å². The number of ether oxygens (including phenoxy) is 1. The van der Waals surface area contributed by atoms with Gasteiger partial charge in [0.1, 0.15) is 5.75 Å². The monoisotopic (exact) mass is 292 g/mol. The molecule has 0 saturated carbocycles. The highest BCUT2D eigenvalue weighted by atomic mass is 16.5. The van der Waals surface area contributed by atoms with Crippen LogP contribution in [0.15, 0.2) is 18.2 Å². The van der Waals surface area contributed by atoms with Gasteiger partial charge in [0.15, 0.2) is 0 Å². The molecule has 21 heavy (non-hydrogen) atoms. The predicted molar refractivity (Wildman–Crippen MR) is 90.8 cm³/mol. The first-order chi connectivity index (χ1) is 10.1. The second kappa shape index (κ2) is 9.80. The first-order valence-corrected chi connectivity index (χ1v) is 8.22. The molecule has 0 spiro atoms. The topological polar surface area (TPSA) is 24.5 Å². The fraction of sp³-hybridized carbons (Fsp3) is 0.667. The molecule has 0 radical (unpaired) electrons. The Morgan fingerprint density at radius 3 is 2.57 bits per heavy atom. The van der Waals surface area contributed by atoms with Gasteiger partial charge in [0, 0.05) is 24.7 Å². The van der Waals surface area contributed by atoms with Gasteiger partial charge in [0.2, 0.25) is 0 Å². The highest BCUT2D eigenvalue weighted by Crippen LogP contribution is 2.22. The molecule has 1 N–H and O–H groups in total. The maximum absolute atomic E-state index is 5.53. The van der Waals surface area contributed by atoms with Crippen LogP contribution in [-0.2, 0) is 13.1 Å². The number of nitrogens with one attached hydrogen (secondary N) is 1. The van der Waals surface area contributed by atoms with Crippen molar-refractivity contribution in [3.05, 3.63) is 29.3 Å². The normalized spacial score (nSPS) is 11.4. The van der Waals surface area contributed by atoms with Crippen LogP contribution in [0.3, 0.4) is 0 Å². The lowest BCUT2D eigenvalue weighted by atomic mass is 10.1. The summed E-state index contributed by atoms with van der Waals surface area (Å²) < 4.78 is 5.53. The van der Waals surface area contributed by atoms with E-state index in [-0.39, 0.29) is 0 Å². The maximum Gasteiger partial charge on any atom is 0.123 e. The molecule has 3 heteroatoms. The van der Waals surface area contributed by atoms with Crippen LogP contribution in [0.2, 0.25) is 0 Å². The third-order valence-corrected chi connectivity index (χ3v) is 3.73. The van der Waals surface area contributed by atoms with Crippen molar-refractivity contribution >= 4 is 0 Å². The fourth-order valence-electron chi connectivity index (χ4n) is 2.36. The minimum Gasteiger partial charge on any atom is -0.496 e. The summed E-state index contributed by atoms with van der Waals surface area (Å²) in [7, 11) is 1.76. The van der Waals surface area contributed by atoms with E-state index in [2.05, 4.69) is 56.1 Å². The number of unbranched alkanes of at least 4 members (excludes halogenated alkanes) is 1. The molecule has 0 saturated heterocycles. The Kier molecular flexibility index (Phi) is 8.40. The Labute approximate surface area is 130 Å². The summed E-state index contributed by atoms with van der Waals surface area (Å²) in [4.78, 5) is 2.49. The minimum atomic E-state index is 0.507. The van der Waals surface area contributed by atoms with Crippen LogP contribution < -0.4 is 10.1 Å².